The van der Waals surface area contributed by atoms with E-state index in [4.69, 9.17) is 9.47 Å². The number of nitrogens with zero attached hydrogens (tertiary/aromatic N) is 4. The molecule has 1 aromatic heterocycles. The maximum absolute atomic E-state index is 12.3. The molecule has 0 atom stereocenters. The molecule has 0 aliphatic carbocycles. The second-order valence-electron chi connectivity index (χ2n) is 6.48. The van der Waals surface area contributed by atoms with Crippen LogP contribution in [0.5, 0.6) is 5.75 Å². The molecule has 1 fully saturated rings. The summed E-state index contributed by atoms with van der Waals surface area (Å²) in [5.74, 6) is 2.08. The van der Waals surface area contributed by atoms with Crippen LogP contribution in [0.4, 0.5) is 0 Å². The molecule has 0 saturated carbocycles. The van der Waals surface area contributed by atoms with Gasteiger partial charge in [0.15, 0.2) is 11.0 Å². The predicted molar refractivity (Wildman–Crippen MR) is 104 cm³/mol. The van der Waals surface area contributed by atoms with Crippen molar-refractivity contribution >= 4 is 17.7 Å². The Bertz CT molecular complexity index is 787. The molecule has 2 aromatic rings. The Morgan fingerprint density at radius 3 is 2.74 bits per heavy atom. The third-order valence-electron chi connectivity index (χ3n) is 4.49. The van der Waals surface area contributed by atoms with E-state index in [1.54, 1.807) is 0 Å². The zero-order valence-electron chi connectivity index (χ0n) is 16.1. The third-order valence-corrected chi connectivity index (χ3v) is 5.44. The van der Waals surface area contributed by atoms with Crippen LogP contribution in [0.2, 0.25) is 0 Å². The molecule has 1 aliphatic heterocycles. The molecule has 1 aliphatic rings. The molecule has 7 nitrogen and oxygen atoms in total. The number of rotatable bonds is 7. The standard InChI is InChI=1S/C19H26N4O3S/c1-4-23-17(12-26-16-6-5-14(2)11-15(16)3)20-21-19(23)27-13-18(24)22-7-9-25-10-8-22/h5-6,11H,4,7-10,12-13H2,1-3H3. The molecule has 146 valence electrons. The van der Waals surface area contributed by atoms with Gasteiger partial charge >= 0.3 is 0 Å². The lowest BCUT2D eigenvalue weighted by atomic mass is 10.1. The van der Waals surface area contributed by atoms with Crippen LogP contribution in [-0.4, -0.2) is 57.6 Å². The van der Waals surface area contributed by atoms with Crippen LogP contribution in [0, 0.1) is 13.8 Å². The number of carbonyl (C=O) groups is 1. The first kappa shape index (κ1) is 19.7. The fourth-order valence-corrected chi connectivity index (χ4v) is 3.91. The second kappa shape index (κ2) is 9.23. The largest absolute Gasteiger partial charge is 0.485 e. The van der Waals surface area contributed by atoms with E-state index in [0.29, 0.717) is 38.7 Å². The van der Waals surface area contributed by atoms with E-state index in [1.807, 2.05) is 35.4 Å². The van der Waals surface area contributed by atoms with E-state index >= 15 is 0 Å². The minimum Gasteiger partial charge on any atom is -0.485 e. The molecule has 1 amide bonds. The van der Waals surface area contributed by atoms with Crippen molar-refractivity contribution in [3.05, 3.63) is 35.2 Å². The molecule has 2 heterocycles. The minimum absolute atomic E-state index is 0.113. The summed E-state index contributed by atoms with van der Waals surface area (Å²) < 4.78 is 13.2. The summed E-state index contributed by atoms with van der Waals surface area (Å²) in [6.45, 7) is 9.76. The number of thioether (sulfide) groups is 1. The number of amides is 1. The zero-order valence-corrected chi connectivity index (χ0v) is 16.9. The molecular weight excluding hydrogens is 364 g/mol. The van der Waals surface area contributed by atoms with Gasteiger partial charge in [0.1, 0.15) is 12.4 Å². The van der Waals surface area contributed by atoms with Crippen molar-refractivity contribution in [2.45, 2.75) is 39.1 Å². The van der Waals surface area contributed by atoms with Crippen LogP contribution in [0.25, 0.3) is 0 Å². The molecule has 0 radical (unpaired) electrons. The lowest BCUT2D eigenvalue weighted by Crippen LogP contribution is -2.41. The van der Waals surface area contributed by atoms with Crippen LogP contribution in [-0.2, 0) is 22.7 Å². The molecule has 0 unspecified atom stereocenters. The number of carbonyl (C=O) groups excluding carboxylic acids is 1. The highest BCUT2D eigenvalue weighted by Gasteiger charge is 2.19. The first-order chi connectivity index (χ1) is 13.1. The summed E-state index contributed by atoms with van der Waals surface area (Å²) in [6, 6.07) is 6.11. The topological polar surface area (TPSA) is 69.5 Å². The summed E-state index contributed by atoms with van der Waals surface area (Å²) in [4.78, 5) is 14.2. The van der Waals surface area contributed by atoms with Gasteiger partial charge in [-0.3, -0.25) is 4.79 Å². The van der Waals surface area contributed by atoms with Gasteiger partial charge in [0.2, 0.25) is 5.91 Å². The van der Waals surface area contributed by atoms with Gasteiger partial charge in [0.05, 0.1) is 19.0 Å². The number of hydrogen-bond donors (Lipinski definition) is 0. The highest BCUT2D eigenvalue weighted by Crippen LogP contribution is 2.22. The van der Waals surface area contributed by atoms with Gasteiger partial charge in [-0.15, -0.1) is 10.2 Å². The van der Waals surface area contributed by atoms with Crippen LogP contribution in [0.3, 0.4) is 0 Å². The van der Waals surface area contributed by atoms with Crippen molar-refractivity contribution in [2.75, 3.05) is 32.1 Å². The van der Waals surface area contributed by atoms with Crippen LogP contribution >= 0.6 is 11.8 Å². The highest BCUT2D eigenvalue weighted by atomic mass is 32.2. The second-order valence-corrected chi connectivity index (χ2v) is 7.43. The molecule has 8 heteroatoms. The first-order valence-corrected chi connectivity index (χ1v) is 10.2. The minimum atomic E-state index is 0.113. The lowest BCUT2D eigenvalue weighted by molar-refractivity contribution is -0.132. The molecule has 27 heavy (non-hydrogen) atoms. The Morgan fingerprint density at radius 1 is 1.26 bits per heavy atom. The van der Waals surface area contributed by atoms with Crippen molar-refractivity contribution in [1.29, 1.82) is 0 Å². The summed E-state index contributed by atoms with van der Waals surface area (Å²) in [5, 5.41) is 9.26. The van der Waals surface area contributed by atoms with Crippen LogP contribution in [0.15, 0.2) is 23.4 Å². The van der Waals surface area contributed by atoms with Crippen LogP contribution in [0.1, 0.15) is 23.9 Å². The Hall–Kier alpha value is -2.06. The van der Waals surface area contributed by atoms with E-state index in [-0.39, 0.29) is 5.91 Å². The maximum Gasteiger partial charge on any atom is 0.233 e. The van der Waals surface area contributed by atoms with Gasteiger partial charge in [0.25, 0.3) is 0 Å². The average Bonchev–Trinajstić information content (AvgIpc) is 3.08. The van der Waals surface area contributed by atoms with Gasteiger partial charge in [-0.25, -0.2) is 0 Å². The van der Waals surface area contributed by atoms with Gasteiger partial charge in [-0.2, -0.15) is 0 Å². The van der Waals surface area contributed by atoms with E-state index in [0.717, 1.165) is 28.8 Å². The van der Waals surface area contributed by atoms with Crippen molar-refractivity contribution in [1.82, 2.24) is 19.7 Å². The van der Waals surface area contributed by atoms with Crippen molar-refractivity contribution in [3.8, 4) is 5.75 Å². The molecule has 0 N–H and O–H groups in total. The molecular formula is C19H26N4O3S. The number of aromatic nitrogens is 3. The Balaban J connectivity index is 1.59. The summed E-state index contributed by atoms with van der Waals surface area (Å²) >= 11 is 1.42. The molecule has 0 bridgehead atoms. The van der Waals surface area contributed by atoms with E-state index in [2.05, 4.69) is 23.2 Å². The first-order valence-electron chi connectivity index (χ1n) is 9.19. The Kier molecular flexibility index (Phi) is 6.73. The molecule has 1 saturated heterocycles. The smallest absolute Gasteiger partial charge is 0.233 e. The highest BCUT2D eigenvalue weighted by molar-refractivity contribution is 7.99. The lowest BCUT2D eigenvalue weighted by Gasteiger charge is -2.26. The maximum atomic E-state index is 12.3. The molecule has 1 aromatic carbocycles. The van der Waals surface area contributed by atoms with Gasteiger partial charge in [0, 0.05) is 19.6 Å². The van der Waals surface area contributed by atoms with Gasteiger partial charge < -0.3 is 18.9 Å². The fraction of sp³-hybridized carbons (Fsp3) is 0.526. The zero-order chi connectivity index (χ0) is 19.2. The molecule has 0 spiro atoms. The van der Waals surface area contributed by atoms with Crippen LogP contribution < -0.4 is 4.74 Å². The van der Waals surface area contributed by atoms with Gasteiger partial charge in [-0.05, 0) is 32.4 Å². The third kappa shape index (κ3) is 5.01. The summed E-state index contributed by atoms with van der Waals surface area (Å²) in [7, 11) is 0. The number of aryl methyl sites for hydroxylation is 2. The normalized spacial score (nSPS) is 14.4. The van der Waals surface area contributed by atoms with Crippen molar-refractivity contribution < 1.29 is 14.3 Å². The van der Waals surface area contributed by atoms with E-state index in [1.165, 1.54) is 17.3 Å². The van der Waals surface area contributed by atoms with Crippen molar-refractivity contribution in [2.24, 2.45) is 0 Å². The number of hydrogen-bond acceptors (Lipinski definition) is 6. The monoisotopic (exact) mass is 390 g/mol. The number of ether oxygens (including phenoxy) is 2. The predicted octanol–water partition coefficient (Wildman–Crippen LogP) is 2.44. The number of benzene rings is 1. The fourth-order valence-electron chi connectivity index (χ4n) is 2.98. The van der Waals surface area contributed by atoms with E-state index in [9.17, 15) is 4.79 Å². The average molecular weight is 391 g/mol. The van der Waals surface area contributed by atoms with Crippen molar-refractivity contribution in [3.63, 3.8) is 0 Å². The Morgan fingerprint density at radius 2 is 2.04 bits per heavy atom. The van der Waals surface area contributed by atoms with Gasteiger partial charge in [-0.1, -0.05) is 29.5 Å². The quantitative estimate of drug-likeness (QED) is 0.677. The SMILES string of the molecule is CCn1c(COc2ccc(C)cc2C)nnc1SCC(=O)N1CCOCC1. The van der Waals surface area contributed by atoms with E-state index < -0.39 is 0 Å². The number of morpholine rings is 1. The Labute approximate surface area is 164 Å². The summed E-state index contributed by atoms with van der Waals surface area (Å²) in [6.07, 6.45) is 0. The molecule has 3 rings (SSSR count). The summed E-state index contributed by atoms with van der Waals surface area (Å²) in [5.41, 5.74) is 2.31.